The van der Waals surface area contributed by atoms with Crippen LogP contribution < -0.4 is 0 Å². The van der Waals surface area contributed by atoms with Crippen molar-refractivity contribution >= 4 is 22.2 Å². The minimum atomic E-state index is 0.172. The Morgan fingerprint density at radius 3 is 2.93 bits per heavy atom. The van der Waals surface area contributed by atoms with Crippen LogP contribution in [-0.4, -0.2) is 15.8 Å². The molecule has 1 atom stereocenters. The number of imidazole rings is 1. The predicted octanol–water partition coefficient (Wildman–Crippen LogP) is 2.53. The van der Waals surface area contributed by atoms with Gasteiger partial charge in [-0.1, -0.05) is 13.8 Å². The van der Waals surface area contributed by atoms with E-state index >= 15 is 0 Å². The summed E-state index contributed by atoms with van der Waals surface area (Å²) >= 11 is 3.48. The number of carbonyl (C=O) groups excluding carboxylic acids is 1. The van der Waals surface area contributed by atoms with Crippen molar-refractivity contribution in [3.63, 3.8) is 0 Å². The van der Waals surface area contributed by atoms with Gasteiger partial charge in [-0.05, 0) is 28.8 Å². The Labute approximate surface area is 98.0 Å². The Balaban J connectivity index is 2.39. The summed E-state index contributed by atoms with van der Waals surface area (Å²) in [6.07, 6.45) is 2.83. The summed E-state index contributed by atoms with van der Waals surface area (Å²) in [7, 11) is 0. The molecule has 0 aromatic carbocycles. The van der Waals surface area contributed by atoms with Gasteiger partial charge in [-0.2, -0.15) is 0 Å². The van der Waals surface area contributed by atoms with Gasteiger partial charge in [0.25, 0.3) is 0 Å². The second-order valence-electron chi connectivity index (χ2n) is 4.40. The van der Waals surface area contributed by atoms with Crippen molar-refractivity contribution in [2.24, 2.45) is 5.92 Å². The van der Waals surface area contributed by atoms with Crippen LogP contribution in [0.4, 0.5) is 0 Å². The van der Waals surface area contributed by atoms with Crippen molar-refractivity contribution in [2.75, 3.05) is 0 Å². The van der Waals surface area contributed by atoms with Crippen LogP contribution >= 0.6 is 15.9 Å². The van der Waals surface area contributed by atoms with Crippen molar-refractivity contribution in [1.82, 2.24) is 9.55 Å². The molecule has 0 radical (unpaired) electrons. The van der Waals surface area contributed by atoms with Gasteiger partial charge < -0.3 is 9.36 Å². The van der Waals surface area contributed by atoms with Crippen molar-refractivity contribution in [3.8, 4) is 0 Å². The van der Waals surface area contributed by atoms with E-state index in [1.807, 2.05) is 0 Å². The number of aromatic nitrogens is 2. The minimum Gasteiger partial charge on any atom is -0.331 e. The van der Waals surface area contributed by atoms with E-state index in [0.29, 0.717) is 5.92 Å². The summed E-state index contributed by atoms with van der Waals surface area (Å²) in [5.41, 5.74) is 1.18. The van der Waals surface area contributed by atoms with Crippen LogP contribution in [-0.2, 0) is 17.8 Å². The third-order valence-corrected chi connectivity index (χ3v) is 3.58. The molecule has 0 spiro atoms. The molecule has 0 bridgehead atoms. The Morgan fingerprint density at radius 2 is 2.33 bits per heavy atom. The molecule has 0 saturated heterocycles. The largest absolute Gasteiger partial charge is 0.331 e. The Hall–Kier alpha value is -0.640. The highest BCUT2D eigenvalue weighted by molar-refractivity contribution is 9.10. The van der Waals surface area contributed by atoms with Gasteiger partial charge in [-0.15, -0.1) is 0 Å². The first kappa shape index (κ1) is 10.9. The third-order valence-electron chi connectivity index (χ3n) is 2.94. The highest BCUT2D eigenvalue weighted by Gasteiger charge is 2.24. The molecule has 2 heterocycles. The van der Waals surface area contributed by atoms with Crippen LogP contribution in [0.5, 0.6) is 0 Å². The molecule has 1 aromatic rings. The zero-order valence-electron chi connectivity index (χ0n) is 9.03. The molecule has 82 valence electrons. The van der Waals surface area contributed by atoms with Gasteiger partial charge in [0.1, 0.15) is 16.7 Å². The fourth-order valence-electron chi connectivity index (χ4n) is 2.12. The number of hydrogen-bond acceptors (Lipinski definition) is 2. The van der Waals surface area contributed by atoms with Gasteiger partial charge in [-0.25, -0.2) is 4.98 Å². The van der Waals surface area contributed by atoms with Crippen molar-refractivity contribution in [1.29, 1.82) is 0 Å². The summed E-state index contributed by atoms with van der Waals surface area (Å²) in [5.74, 6) is 1.73. The third kappa shape index (κ3) is 1.87. The quantitative estimate of drug-likeness (QED) is 0.775. The topological polar surface area (TPSA) is 34.9 Å². The number of hydrogen-bond donors (Lipinski definition) is 0. The zero-order valence-corrected chi connectivity index (χ0v) is 10.6. The van der Waals surface area contributed by atoms with Crippen LogP contribution in [0.2, 0.25) is 0 Å². The molecule has 2 rings (SSSR count). The first-order valence-electron chi connectivity index (χ1n) is 5.33. The van der Waals surface area contributed by atoms with Crippen LogP contribution in [0.1, 0.15) is 37.7 Å². The normalized spacial score (nSPS) is 20.4. The predicted molar refractivity (Wildman–Crippen MR) is 61.9 cm³/mol. The second kappa shape index (κ2) is 4.08. The molecule has 0 saturated carbocycles. The molecule has 1 aromatic heterocycles. The summed E-state index contributed by atoms with van der Waals surface area (Å²) in [6.45, 7) is 5.21. The number of rotatable bonds is 2. The molecule has 0 N–H and O–H groups in total. The van der Waals surface area contributed by atoms with E-state index in [-0.39, 0.29) is 5.92 Å². The van der Waals surface area contributed by atoms with Crippen LogP contribution in [0, 0.1) is 5.92 Å². The first-order valence-corrected chi connectivity index (χ1v) is 6.13. The molecular formula is C11H15BrN2O. The SMILES string of the molecule is CC(C)c1nc(Br)c2n1CCC(C=O)C2. The monoisotopic (exact) mass is 270 g/mol. The second-order valence-corrected chi connectivity index (χ2v) is 5.15. The van der Waals surface area contributed by atoms with Crippen molar-refractivity contribution in [3.05, 3.63) is 16.1 Å². The Morgan fingerprint density at radius 1 is 1.60 bits per heavy atom. The van der Waals surface area contributed by atoms with Gasteiger partial charge in [0.05, 0.1) is 5.69 Å². The first-order chi connectivity index (χ1) is 7.13. The van der Waals surface area contributed by atoms with E-state index in [2.05, 4.69) is 39.3 Å². The lowest BCUT2D eigenvalue weighted by molar-refractivity contribution is -0.111. The van der Waals surface area contributed by atoms with E-state index in [1.165, 1.54) is 5.69 Å². The number of carbonyl (C=O) groups is 1. The van der Waals surface area contributed by atoms with Crippen molar-refractivity contribution in [2.45, 2.75) is 39.2 Å². The Kier molecular flexibility index (Phi) is 2.96. The molecule has 0 amide bonds. The van der Waals surface area contributed by atoms with Crippen LogP contribution in [0.25, 0.3) is 0 Å². The minimum absolute atomic E-state index is 0.172. The molecule has 1 unspecified atom stereocenters. The molecule has 1 aliphatic rings. The van der Waals surface area contributed by atoms with E-state index < -0.39 is 0 Å². The van der Waals surface area contributed by atoms with E-state index in [9.17, 15) is 4.79 Å². The van der Waals surface area contributed by atoms with E-state index in [4.69, 9.17) is 0 Å². The highest BCUT2D eigenvalue weighted by atomic mass is 79.9. The number of fused-ring (bicyclic) bond motifs is 1. The maximum atomic E-state index is 10.8. The van der Waals surface area contributed by atoms with E-state index in [1.54, 1.807) is 0 Å². The number of halogens is 1. The maximum Gasteiger partial charge on any atom is 0.127 e. The van der Waals surface area contributed by atoms with Gasteiger partial charge in [0.15, 0.2) is 0 Å². The van der Waals surface area contributed by atoms with Crippen molar-refractivity contribution < 1.29 is 4.79 Å². The lowest BCUT2D eigenvalue weighted by Gasteiger charge is -2.22. The number of aldehydes is 1. The fourth-order valence-corrected chi connectivity index (χ4v) is 2.68. The average Bonchev–Trinajstić information content (AvgIpc) is 2.56. The average molecular weight is 271 g/mol. The van der Waals surface area contributed by atoms with Crippen LogP contribution in [0.15, 0.2) is 4.60 Å². The summed E-state index contributed by atoms with van der Waals surface area (Å²) < 4.78 is 3.17. The van der Waals surface area contributed by atoms with E-state index in [0.717, 1.165) is 36.1 Å². The smallest absolute Gasteiger partial charge is 0.127 e. The summed E-state index contributed by atoms with van der Waals surface area (Å²) in [6, 6.07) is 0. The molecule has 0 aliphatic carbocycles. The summed E-state index contributed by atoms with van der Waals surface area (Å²) in [5, 5.41) is 0. The lowest BCUT2D eigenvalue weighted by Crippen LogP contribution is -2.21. The lowest BCUT2D eigenvalue weighted by atomic mass is 9.98. The van der Waals surface area contributed by atoms with Gasteiger partial charge in [0, 0.05) is 18.4 Å². The highest BCUT2D eigenvalue weighted by Crippen LogP contribution is 2.29. The maximum absolute atomic E-state index is 10.8. The molecule has 3 nitrogen and oxygen atoms in total. The standard InChI is InChI=1S/C11H15BrN2O/c1-7(2)11-13-10(12)9-5-8(6-15)3-4-14(9)11/h6-8H,3-5H2,1-2H3. The molecule has 15 heavy (non-hydrogen) atoms. The molecular weight excluding hydrogens is 256 g/mol. The summed E-state index contributed by atoms with van der Waals surface area (Å²) in [4.78, 5) is 15.3. The zero-order chi connectivity index (χ0) is 11.0. The molecule has 1 aliphatic heterocycles. The molecule has 4 heteroatoms. The van der Waals surface area contributed by atoms with Gasteiger partial charge >= 0.3 is 0 Å². The Bertz CT molecular complexity index is 384. The number of nitrogens with zero attached hydrogens (tertiary/aromatic N) is 2. The van der Waals surface area contributed by atoms with Crippen LogP contribution in [0.3, 0.4) is 0 Å². The fraction of sp³-hybridized carbons (Fsp3) is 0.636. The molecule has 0 fully saturated rings. The van der Waals surface area contributed by atoms with Gasteiger partial charge in [0.2, 0.25) is 0 Å². The van der Waals surface area contributed by atoms with Gasteiger partial charge in [-0.3, -0.25) is 0 Å².